The van der Waals surface area contributed by atoms with Gasteiger partial charge in [-0.25, -0.2) is 0 Å². The number of carboxylic acids is 1. The van der Waals surface area contributed by atoms with Gasteiger partial charge >= 0.3 is 5.97 Å². The van der Waals surface area contributed by atoms with Gasteiger partial charge in [0, 0.05) is 0 Å². The lowest BCUT2D eigenvalue weighted by atomic mass is 9.92. The minimum atomic E-state index is -1.02. The second-order valence-electron chi connectivity index (χ2n) is 4.55. The molecular formula is C16H13NO2. The summed E-state index contributed by atoms with van der Waals surface area (Å²) in [5.41, 5.74) is 6.55. The van der Waals surface area contributed by atoms with Crippen LogP contribution < -0.4 is 5.73 Å². The fourth-order valence-corrected chi connectivity index (χ4v) is 2.51. The van der Waals surface area contributed by atoms with Gasteiger partial charge in [-0.3, -0.25) is 4.79 Å². The highest BCUT2D eigenvalue weighted by atomic mass is 16.4. The first-order valence-corrected chi connectivity index (χ1v) is 6.07. The normalized spacial score (nSPS) is 12.7. The Kier molecular flexibility index (Phi) is 2.69. The Bertz CT molecular complexity index is 726. The van der Waals surface area contributed by atoms with Crippen molar-refractivity contribution in [1.82, 2.24) is 0 Å². The number of benzene rings is 3. The molecule has 0 aliphatic carbocycles. The van der Waals surface area contributed by atoms with Gasteiger partial charge in [0.1, 0.15) is 6.04 Å². The zero-order valence-corrected chi connectivity index (χ0v) is 10.2. The van der Waals surface area contributed by atoms with Crippen LogP contribution in [0.5, 0.6) is 0 Å². The molecule has 19 heavy (non-hydrogen) atoms. The maximum Gasteiger partial charge on any atom is 0.325 e. The number of carbonyl (C=O) groups is 1. The highest BCUT2D eigenvalue weighted by Gasteiger charge is 2.19. The first kappa shape index (κ1) is 11.7. The van der Waals surface area contributed by atoms with Gasteiger partial charge in [-0.1, -0.05) is 48.5 Å². The second-order valence-corrected chi connectivity index (χ2v) is 4.55. The molecule has 3 aromatic rings. The van der Waals surface area contributed by atoms with E-state index in [0.717, 1.165) is 21.5 Å². The highest BCUT2D eigenvalue weighted by molar-refractivity contribution is 6.05. The molecule has 0 spiro atoms. The van der Waals surface area contributed by atoms with Crippen LogP contribution in [0.4, 0.5) is 0 Å². The van der Waals surface area contributed by atoms with Crippen molar-refractivity contribution in [3.63, 3.8) is 0 Å². The van der Waals surface area contributed by atoms with Crippen molar-refractivity contribution in [2.24, 2.45) is 5.73 Å². The van der Waals surface area contributed by atoms with Gasteiger partial charge in [-0.05, 0) is 33.2 Å². The Morgan fingerprint density at radius 3 is 1.89 bits per heavy atom. The smallest absolute Gasteiger partial charge is 0.325 e. The quantitative estimate of drug-likeness (QED) is 0.688. The van der Waals surface area contributed by atoms with Gasteiger partial charge in [0.2, 0.25) is 0 Å². The SMILES string of the molecule is NC(C(=O)O)c1c2ccccc2cc2ccccc12. The summed E-state index contributed by atoms with van der Waals surface area (Å²) in [5.74, 6) is -1.01. The van der Waals surface area contributed by atoms with Crippen LogP contribution in [0.2, 0.25) is 0 Å². The zero-order valence-electron chi connectivity index (χ0n) is 10.2. The Morgan fingerprint density at radius 1 is 0.947 bits per heavy atom. The van der Waals surface area contributed by atoms with Crippen LogP contribution in [0, 0.1) is 0 Å². The first-order chi connectivity index (χ1) is 9.18. The molecule has 1 atom stereocenters. The standard InChI is InChI=1S/C16H13NO2/c17-15(16(18)19)14-12-7-3-1-5-10(12)9-11-6-2-4-8-13(11)14/h1-9,15H,17H2,(H,18,19). The summed E-state index contributed by atoms with van der Waals surface area (Å²) in [6.45, 7) is 0. The zero-order chi connectivity index (χ0) is 13.4. The predicted octanol–water partition coefficient (Wildman–Crippen LogP) is 3.08. The lowest BCUT2D eigenvalue weighted by Gasteiger charge is -2.14. The summed E-state index contributed by atoms with van der Waals surface area (Å²) in [5, 5.41) is 13.0. The van der Waals surface area contributed by atoms with Gasteiger partial charge in [0.15, 0.2) is 0 Å². The Hall–Kier alpha value is -2.39. The number of aliphatic carboxylic acids is 1. The van der Waals surface area contributed by atoms with Crippen molar-refractivity contribution in [3.05, 3.63) is 60.2 Å². The van der Waals surface area contributed by atoms with E-state index in [1.807, 2.05) is 48.5 Å². The molecule has 1 unspecified atom stereocenters. The van der Waals surface area contributed by atoms with Crippen molar-refractivity contribution in [3.8, 4) is 0 Å². The third-order valence-electron chi connectivity index (χ3n) is 3.39. The summed E-state index contributed by atoms with van der Waals surface area (Å²) >= 11 is 0. The van der Waals surface area contributed by atoms with Gasteiger partial charge in [0.25, 0.3) is 0 Å². The van der Waals surface area contributed by atoms with Crippen molar-refractivity contribution in [2.45, 2.75) is 6.04 Å². The van der Waals surface area contributed by atoms with Crippen molar-refractivity contribution in [1.29, 1.82) is 0 Å². The van der Waals surface area contributed by atoms with E-state index in [1.54, 1.807) is 0 Å². The lowest BCUT2D eigenvalue weighted by molar-refractivity contribution is -0.138. The average Bonchev–Trinajstić information content (AvgIpc) is 2.43. The molecule has 3 heteroatoms. The fourth-order valence-electron chi connectivity index (χ4n) is 2.51. The van der Waals surface area contributed by atoms with E-state index in [9.17, 15) is 9.90 Å². The van der Waals surface area contributed by atoms with E-state index >= 15 is 0 Å². The van der Waals surface area contributed by atoms with Crippen LogP contribution in [0.3, 0.4) is 0 Å². The fraction of sp³-hybridized carbons (Fsp3) is 0.0625. The summed E-state index contributed by atoms with van der Waals surface area (Å²) < 4.78 is 0. The Balaban J connectivity index is 2.49. The summed E-state index contributed by atoms with van der Waals surface area (Å²) in [6, 6.07) is 16.5. The van der Waals surface area contributed by atoms with Crippen LogP contribution in [-0.2, 0) is 4.79 Å². The maximum atomic E-state index is 11.3. The minimum absolute atomic E-state index is 0.682. The Labute approximate surface area is 110 Å². The third kappa shape index (κ3) is 1.84. The summed E-state index contributed by atoms with van der Waals surface area (Å²) in [7, 11) is 0. The minimum Gasteiger partial charge on any atom is -0.480 e. The van der Waals surface area contributed by atoms with Crippen LogP contribution in [0.1, 0.15) is 11.6 Å². The number of rotatable bonds is 2. The topological polar surface area (TPSA) is 63.3 Å². The van der Waals surface area contributed by atoms with E-state index in [4.69, 9.17) is 5.73 Å². The molecule has 3 N–H and O–H groups in total. The molecule has 0 heterocycles. The molecule has 3 rings (SSSR count). The van der Waals surface area contributed by atoms with Crippen molar-refractivity contribution in [2.75, 3.05) is 0 Å². The molecule has 3 nitrogen and oxygen atoms in total. The molecule has 3 aromatic carbocycles. The molecule has 0 saturated carbocycles. The van der Waals surface area contributed by atoms with Gasteiger partial charge in [-0.2, -0.15) is 0 Å². The van der Waals surface area contributed by atoms with Gasteiger partial charge < -0.3 is 10.8 Å². The Morgan fingerprint density at radius 2 is 1.42 bits per heavy atom. The van der Waals surface area contributed by atoms with E-state index in [2.05, 4.69) is 6.07 Å². The molecule has 0 saturated heterocycles. The number of nitrogens with two attached hydrogens (primary N) is 1. The number of hydrogen-bond donors (Lipinski definition) is 2. The molecule has 0 aliphatic heterocycles. The van der Waals surface area contributed by atoms with E-state index in [-0.39, 0.29) is 0 Å². The van der Waals surface area contributed by atoms with Crippen LogP contribution in [-0.4, -0.2) is 11.1 Å². The van der Waals surface area contributed by atoms with Gasteiger partial charge in [-0.15, -0.1) is 0 Å². The average molecular weight is 251 g/mol. The molecule has 0 amide bonds. The van der Waals surface area contributed by atoms with E-state index in [0.29, 0.717) is 5.56 Å². The van der Waals surface area contributed by atoms with Crippen LogP contribution in [0.15, 0.2) is 54.6 Å². The molecule has 0 aromatic heterocycles. The largest absolute Gasteiger partial charge is 0.480 e. The van der Waals surface area contributed by atoms with E-state index < -0.39 is 12.0 Å². The van der Waals surface area contributed by atoms with Crippen LogP contribution >= 0.6 is 0 Å². The van der Waals surface area contributed by atoms with Gasteiger partial charge in [0.05, 0.1) is 0 Å². The molecule has 0 fully saturated rings. The van der Waals surface area contributed by atoms with Crippen molar-refractivity contribution >= 4 is 27.5 Å². The third-order valence-corrected chi connectivity index (χ3v) is 3.39. The number of fused-ring (bicyclic) bond motifs is 2. The highest BCUT2D eigenvalue weighted by Crippen LogP contribution is 2.31. The number of carboxylic acid groups (broad SMARTS) is 1. The van der Waals surface area contributed by atoms with Crippen molar-refractivity contribution < 1.29 is 9.90 Å². The molecule has 0 radical (unpaired) electrons. The molecule has 94 valence electrons. The molecule has 0 bridgehead atoms. The summed E-state index contributed by atoms with van der Waals surface area (Å²) in [6.07, 6.45) is 0. The molecule has 0 aliphatic rings. The maximum absolute atomic E-state index is 11.3. The van der Waals surface area contributed by atoms with E-state index in [1.165, 1.54) is 0 Å². The predicted molar refractivity (Wildman–Crippen MR) is 76.0 cm³/mol. The molecular weight excluding hydrogens is 238 g/mol. The summed E-state index contributed by atoms with van der Waals surface area (Å²) in [4.78, 5) is 11.3. The second kappa shape index (κ2) is 4.37. The first-order valence-electron chi connectivity index (χ1n) is 6.07. The lowest BCUT2D eigenvalue weighted by Crippen LogP contribution is -2.21. The number of hydrogen-bond acceptors (Lipinski definition) is 2. The van der Waals surface area contributed by atoms with Crippen LogP contribution in [0.25, 0.3) is 21.5 Å². The monoisotopic (exact) mass is 251 g/mol.